The number of nitrogen functional groups attached to an aromatic ring is 1. The Morgan fingerprint density at radius 3 is 2.88 bits per heavy atom. The molecule has 1 unspecified atom stereocenters. The summed E-state index contributed by atoms with van der Waals surface area (Å²) in [5, 5.41) is 22.7. The molecule has 0 bridgehead atoms. The number of aromatic nitrogens is 4. The van der Waals surface area contributed by atoms with Crippen LogP contribution in [0.15, 0.2) is 11.1 Å². The SMILES string of the molecule is CN1CCC[C@H]1C(=O)NP(=O)(O)OC[C@H]1O[C@@H](n2c(=O)[nH]c3c(N)ncnc32)[C@H](O)[C@@H]1O. The number of nitrogens with one attached hydrogen (secondary N) is 2. The number of nitrogens with two attached hydrogens (primary N) is 1. The van der Waals surface area contributed by atoms with E-state index in [2.05, 4.69) is 15.0 Å². The van der Waals surface area contributed by atoms with Crippen LogP contribution in [0.3, 0.4) is 0 Å². The number of likely N-dealkylation sites (tertiary alicyclic amines) is 1. The number of aliphatic hydroxyl groups excluding tert-OH is 2. The number of likely N-dealkylation sites (N-methyl/N-ethyl adjacent to an activating group) is 1. The molecule has 176 valence electrons. The molecule has 16 heteroatoms. The molecule has 15 nitrogen and oxygen atoms in total. The smallest absolute Gasteiger partial charge is 0.387 e. The predicted molar refractivity (Wildman–Crippen MR) is 108 cm³/mol. The van der Waals surface area contributed by atoms with Crippen LogP contribution in [0.2, 0.25) is 0 Å². The normalized spacial score (nSPS) is 30.6. The second-order valence-electron chi connectivity index (χ2n) is 7.73. The van der Waals surface area contributed by atoms with Crippen molar-refractivity contribution in [1.82, 2.24) is 29.5 Å². The second kappa shape index (κ2) is 8.51. The molecule has 2 aromatic heterocycles. The summed E-state index contributed by atoms with van der Waals surface area (Å²) in [4.78, 5) is 46.5. The van der Waals surface area contributed by atoms with Gasteiger partial charge in [0, 0.05) is 0 Å². The maximum absolute atomic E-state index is 12.4. The van der Waals surface area contributed by atoms with Gasteiger partial charge in [-0.25, -0.2) is 23.9 Å². The maximum atomic E-state index is 12.4. The van der Waals surface area contributed by atoms with E-state index in [0.29, 0.717) is 13.0 Å². The zero-order valence-corrected chi connectivity index (χ0v) is 17.9. The second-order valence-corrected chi connectivity index (χ2v) is 9.26. The Morgan fingerprint density at radius 1 is 1.44 bits per heavy atom. The fraction of sp³-hybridized carbons (Fsp3) is 0.625. The Labute approximate surface area is 180 Å². The topological polar surface area (TPSA) is 218 Å². The highest BCUT2D eigenvalue weighted by Crippen LogP contribution is 2.39. The van der Waals surface area contributed by atoms with E-state index in [1.165, 1.54) is 0 Å². The van der Waals surface area contributed by atoms with Crippen molar-refractivity contribution in [2.24, 2.45) is 0 Å². The van der Waals surface area contributed by atoms with E-state index in [-0.39, 0.29) is 17.0 Å². The molecule has 2 fully saturated rings. The number of carbonyl (C=O) groups excluding carboxylic acids is 1. The van der Waals surface area contributed by atoms with Gasteiger partial charge in [-0.2, -0.15) is 0 Å². The van der Waals surface area contributed by atoms with Crippen molar-refractivity contribution >= 4 is 30.6 Å². The van der Waals surface area contributed by atoms with E-state index < -0.39 is 56.5 Å². The lowest BCUT2D eigenvalue weighted by Gasteiger charge is -2.22. The molecular weight excluding hydrogens is 449 g/mol. The molecule has 4 rings (SSSR count). The Bertz CT molecular complexity index is 1120. The lowest BCUT2D eigenvalue weighted by molar-refractivity contribution is -0.123. The van der Waals surface area contributed by atoms with Gasteiger partial charge in [-0.15, -0.1) is 0 Å². The summed E-state index contributed by atoms with van der Waals surface area (Å²) in [6, 6.07) is -0.540. The molecule has 2 saturated heterocycles. The number of hydrogen-bond donors (Lipinski definition) is 6. The summed E-state index contributed by atoms with van der Waals surface area (Å²) in [6.45, 7) is 0.0529. The first-order valence-corrected chi connectivity index (χ1v) is 11.4. The fourth-order valence-corrected chi connectivity index (χ4v) is 4.77. The highest BCUT2D eigenvalue weighted by Gasteiger charge is 2.46. The van der Waals surface area contributed by atoms with Gasteiger partial charge in [0.05, 0.1) is 12.6 Å². The third kappa shape index (κ3) is 4.15. The van der Waals surface area contributed by atoms with Crippen LogP contribution in [-0.4, -0.2) is 90.0 Å². The van der Waals surface area contributed by atoms with Gasteiger partial charge in [-0.05, 0) is 26.4 Å². The lowest BCUT2D eigenvalue weighted by atomic mass is 10.1. The highest BCUT2D eigenvalue weighted by atomic mass is 31.2. The number of rotatable bonds is 6. The molecule has 6 atom stereocenters. The largest absolute Gasteiger partial charge is 0.432 e. The average molecular weight is 473 g/mol. The number of H-pyrrole nitrogens is 1. The summed E-state index contributed by atoms with van der Waals surface area (Å²) in [6.07, 6.45) is -3.35. The van der Waals surface area contributed by atoms with Crippen LogP contribution in [0.25, 0.3) is 11.2 Å². The number of nitrogens with zero attached hydrogens (tertiary/aromatic N) is 4. The average Bonchev–Trinajstić information content (AvgIpc) is 3.38. The summed E-state index contributed by atoms with van der Waals surface area (Å²) in [7, 11) is -2.84. The van der Waals surface area contributed by atoms with E-state index >= 15 is 0 Å². The first-order valence-electron chi connectivity index (χ1n) is 9.81. The number of ether oxygens (including phenoxy) is 1. The van der Waals surface area contributed by atoms with Gasteiger partial charge in [0.15, 0.2) is 17.7 Å². The number of carbonyl (C=O) groups is 1. The Balaban J connectivity index is 1.44. The standard InChI is InChI=1S/C16H24N7O8P/c1-22-4-2-3-7(22)14(26)21-32(28,29)30-5-8-10(24)11(25)15(31-8)23-13-9(20-16(23)27)12(17)18-6-19-13/h6-8,10-11,15,24-25H,2-5H2,1H3,(H,20,27)(H2,17,18,19)(H2,21,26,28,29)/t7-,8+,10+,11+,15+/m0/s1. The Kier molecular flexibility index (Phi) is 6.06. The maximum Gasteiger partial charge on any atom is 0.432 e. The van der Waals surface area contributed by atoms with Crippen LogP contribution in [0.5, 0.6) is 0 Å². The van der Waals surface area contributed by atoms with E-state index in [4.69, 9.17) is 15.0 Å². The number of amides is 1. The predicted octanol–water partition coefficient (Wildman–Crippen LogP) is -2.35. The van der Waals surface area contributed by atoms with Crippen LogP contribution in [0, 0.1) is 0 Å². The highest BCUT2D eigenvalue weighted by molar-refractivity contribution is 7.51. The molecule has 0 radical (unpaired) electrons. The van der Waals surface area contributed by atoms with Crippen molar-refractivity contribution in [1.29, 1.82) is 0 Å². The summed E-state index contributed by atoms with van der Waals surface area (Å²) in [5.74, 6) is -0.645. The molecule has 2 aromatic rings. The molecule has 0 aromatic carbocycles. The van der Waals surface area contributed by atoms with Crippen molar-refractivity contribution < 1.29 is 33.7 Å². The van der Waals surface area contributed by atoms with Gasteiger partial charge in [0.1, 0.15) is 30.2 Å². The van der Waals surface area contributed by atoms with Crippen LogP contribution in [0.1, 0.15) is 19.1 Å². The van der Waals surface area contributed by atoms with E-state index in [1.54, 1.807) is 11.9 Å². The number of hydrogen-bond acceptors (Lipinski definition) is 11. The quantitative estimate of drug-likeness (QED) is 0.243. The Morgan fingerprint density at radius 2 is 2.19 bits per heavy atom. The number of aromatic amines is 1. The van der Waals surface area contributed by atoms with E-state index in [1.807, 2.05) is 5.09 Å². The van der Waals surface area contributed by atoms with Gasteiger partial charge < -0.3 is 30.6 Å². The van der Waals surface area contributed by atoms with Gasteiger partial charge in [0.2, 0.25) is 5.91 Å². The van der Waals surface area contributed by atoms with E-state index in [0.717, 1.165) is 17.3 Å². The zero-order valence-electron chi connectivity index (χ0n) is 17.0. The molecule has 7 N–H and O–H groups in total. The summed E-state index contributed by atoms with van der Waals surface area (Å²) in [5.41, 5.74) is 5.16. The minimum Gasteiger partial charge on any atom is -0.387 e. The van der Waals surface area contributed by atoms with Crippen molar-refractivity contribution in [3.63, 3.8) is 0 Å². The molecule has 1 amide bonds. The van der Waals surface area contributed by atoms with Gasteiger partial charge >= 0.3 is 13.4 Å². The van der Waals surface area contributed by atoms with Gasteiger partial charge in [-0.3, -0.25) is 19.3 Å². The minimum absolute atomic E-state index is 0.00337. The van der Waals surface area contributed by atoms with Crippen molar-refractivity contribution in [3.8, 4) is 0 Å². The monoisotopic (exact) mass is 473 g/mol. The number of aliphatic hydroxyl groups is 2. The Hall–Kier alpha value is -2.39. The third-order valence-corrected chi connectivity index (χ3v) is 6.62. The first kappa shape index (κ1) is 22.8. The first-order chi connectivity index (χ1) is 15.1. The molecule has 32 heavy (non-hydrogen) atoms. The summed E-state index contributed by atoms with van der Waals surface area (Å²) >= 11 is 0. The van der Waals surface area contributed by atoms with Crippen LogP contribution in [-0.2, 0) is 18.6 Å². The van der Waals surface area contributed by atoms with Gasteiger partial charge in [0.25, 0.3) is 0 Å². The number of imidazole rings is 1. The van der Waals surface area contributed by atoms with Crippen molar-refractivity contribution in [2.75, 3.05) is 25.9 Å². The minimum atomic E-state index is -4.57. The molecule has 0 spiro atoms. The fourth-order valence-electron chi connectivity index (χ4n) is 3.93. The third-order valence-electron chi connectivity index (χ3n) is 5.62. The van der Waals surface area contributed by atoms with Crippen LogP contribution in [0.4, 0.5) is 5.82 Å². The molecular formula is C16H24N7O8P. The number of anilines is 1. The molecule has 2 aliphatic rings. The zero-order chi connectivity index (χ0) is 23.2. The summed E-state index contributed by atoms with van der Waals surface area (Å²) < 4.78 is 23.7. The lowest BCUT2D eigenvalue weighted by Crippen LogP contribution is -2.40. The molecule has 4 heterocycles. The number of fused-ring (bicyclic) bond motifs is 1. The van der Waals surface area contributed by atoms with Gasteiger partial charge in [-0.1, -0.05) is 0 Å². The molecule has 0 aliphatic carbocycles. The molecule has 2 aliphatic heterocycles. The van der Waals surface area contributed by atoms with Crippen LogP contribution >= 0.6 is 7.75 Å². The van der Waals surface area contributed by atoms with Crippen molar-refractivity contribution in [2.45, 2.75) is 43.4 Å². The van der Waals surface area contributed by atoms with Crippen molar-refractivity contribution in [3.05, 3.63) is 16.8 Å². The molecule has 0 saturated carbocycles. The van der Waals surface area contributed by atoms with Crippen LogP contribution < -0.4 is 16.5 Å². The van der Waals surface area contributed by atoms with E-state index in [9.17, 15) is 29.3 Å².